The summed E-state index contributed by atoms with van der Waals surface area (Å²) in [7, 11) is 0.871. The van der Waals surface area contributed by atoms with Crippen molar-refractivity contribution < 1.29 is 31.1 Å². The van der Waals surface area contributed by atoms with Crippen molar-refractivity contribution in [1.29, 1.82) is 0 Å². The number of hydrogen-bond acceptors (Lipinski definition) is 1. The first-order chi connectivity index (χ1) is 7.59. The molecule has 0 radical (unpaired) electrons. The molecule has 1 aromatic carbocycles. The molecule has 1 rings (SSSR count). The van der Waals surface area contributed by atoms with Gasteiger partial charge in [-0.05, 0) is 28.1 Å². The van der Waals surface area contributed by atoms with Crippen LogP contribution in [0.5, 0.6) is 5.75 Å². The molecule has 0 N–H and O–H groups in total. The molecule has 8 heteroatoms. The van der Waals surface area contributed by atoms with Gasteiger partial charge in [0.05, 0.1) is 22.7 Å². The smallest absolute Gasteiger partial charge is 0.420 e. The van der Waals surface area contributed by atoms with Crippen LogP contribution in [0.1, 0.15) is 11.1 Å². The molecule has 0 aliphatic rings. The fourth-order valence-corrected chi connectivity index (χ4v) is 1.93. The monoisotopic (exact) mass is 322 g/mol. The average Bonchev–Trinajstić information content (AvgIpc) is 2.13. The summed E-state index contributed by atoms with van der Waals surface area (Å²) in [6, 6.07) is 0.696. The second-order valence-corrected chi connectivity index (χ2v) is 3.80. The molecule has 0 amide bonds. The normalized spacial score (nSPS) is 12.7. The molecule has 1 nitrogen and oxygen atoms in total. The van der Waals surface area contributed by atoms with Gasteiger partial charge in [-0.2, -0.15) is 26.3 Å². The summed E-state index contributed by atoms with van der Waals surface area (Å²) in [5, 5.41) is 0. The second-order valence-electron chi connectivity index (χ2n) is 3.00. The van der Waals surface area contributed by atoms with Crippen LogP contribution in [0, 0.1) is 0 Å². The highest BCUT2D eigenvalue weighted by molar-refractivity contribution is 9.10. The van der Waals surface area contributed by atoms with Crippen LogP contribution in [0.15, 0.2) is 16.6 Å². The summed E-state index contributed by atoms with van der Waals surface area (Å²) < 4.78 is 78.3. The van der Waals surface area contributed by atoms with Gasteiger partial charge >= 0.3 is 12.4 Å². The van der Waals surface area contributed by atoms with Crippen molar-refractivity contribution in [2.24, 2.45) is 0 Å². The topological polar surface area (TPSA) is 9.23 Å². The van der Waals surface area contributed by atoms with Crippen molar-refractivity contribution in [3.63, 3.8) is 0 Å². The van der Waals surface area contributed by atoms with Crippen LogP contribution in [0.25, 0.3) is 0 Å². The number of ether oxygens (including phenoxy) is 1. The maximum absolute atomic E-state index is 12.5. The molecule has 0 heterocycles. The molecule has 0 aliphatic heterocycles. The first-order valence-electron chi connectivity index (χ1n) is 4.10. The van der Waals surface area contributed by atoms with Crippen LogP contribution >= 0.6 is 15.9 Å². The van der Waals surface area contributed by atoms with Gasteiger partial charge in [-0.1, -0.05) is 0 Å². The van der Waals surface area contributed by atoms with Crippen LogP contribution < -0.4 is 4.74 Å². The number of alkyl halides is 6. The molecule has 0 spiro atoms. The van der Waals surface area contributed by atoms with Gasteiger partial charge in [-0.3, -0.25) is 0 Å². The van der Waals surface area contributed by atoms with Crippen molar-refractivity contribution in [1.82, 2.24) is 0 Å². The number of hydrogen-bond donors (Lipinski definition) is 0. The van der Waals surface area contributed by atoms with E-state index >= 15 is 0 Å². The summed E-state index contributed by atoms with van der Waals surface area (Å²) in [6.45, 7) is 0. The van der Waals surface area contributed by atoms with Gasteiger partial charge in [0.15, 0.2) is 0 Å². The SMILES string of the molecule is COc1c(C(F)(F)F)ccc(C(F)(F)F)c1Br. The minimum atomic E-state index is -4.78. The minimum Gasteiger partial charge on any atom is -0.495 e. The van der Waals surface area contributed by atoms with Crippen LogP contribution in [-0.2, 0) is 12.4 Å². The largest absolute Gasteiger partial charge is 0.495 e. The van der Waals surface area contributed by atoms with Gasteiger partial charge in [-0.25, -0.2) is 0 Å². The fourth-order valence-electron chi connectivity index (χ4n) is 1.20. The summed E-state index contributed by atoms with van der Waals surface area (Å²) in [5.41, 5.74) is -2.48. The average molecular weight is 323 g/mol. The molecule has 0 bridgehead atoms. The van der Waals surface area contributed by atoms with Crippen LogP contribution in [0.3, 0.4) is 0 Å². The number of rotatable bonds is 1. The molecule has 0 fully saturated rings. The summed E-state index contributed by atoms with van der Waals surface area (Å²) in [4.78, 5) is 0. The molecular formula is C9H5BrF6O. The highest BCUT2D eigenvalue weighted by Gasteiger charge is 2.40. The number of halogens is 7. The van der Waals surface area contributed by atoms with Crippen molar-refractivity contribution in [3.05, 3.63) is 27.7 Å². The highest BCUT2D eigenvalue weighted by atomic mass is 79.9. The maximum atomic E-state index is 12.5. The van der Waals surface area contributed by atoms with Crippen LogP contribution in [0.4, 0.5) is 26.3 Å². The molecule has 0 aliphatic carbocycles. The predicted octanol–water partition coefficient (Wildman–Crippen LogP) is 4.50. The van der Waals surface area contributed by atoms with E-state index in [0.717, 1.165) is 7.11 Å². The minimum absolute atomic E-state index is 0.340. The third-order valence-electron chi connectivity index (χ3n) is 1.91. The quantitative estimate of drug-likeness (QED) is 0.692. The van der Waals surface area contributed by atoms with Gasteiger partial charge in [0, 0.05) is 0 Å². The van der Waals surface area contributed by atoms with Crippen LogP contribution in [-0.4, -0.2) is 7.11 Å². The first-order valence-corrected chi connectivity index (χ1v) is 4.89. The molecule has 0 saturated carbocycles. The van der Waals surface area contributed by atoms with Crippen molar-refractivity contribution in [2.75, 3.05) is 7.11 Å². The fraction of sp³-hybridized carbons (Fsp3) is 0.333. The van der Waals surface area contributed by atoms with E-state index in [2.05, 4.69) is 20.7 Å². The third kappa shape index (κ3) is 2.85. The molecule has 0 unspecified atom stereocenters. The Morgan fingerprint density at radius 2 is 1.35 bits per heavy atom. The first kappa shape index (κ1) is 14.1. The summed E-state index contributed by atoms with van der Waals surface area (Å²) >= 11 is 2.48. The molecule has 1 aromatic rings. The Balaban J connectivity index is 3.49. The molecule has 0 saturated heterocycles. The van der Waals surface area contributed by atoms with Crippen molar-refractivity contribution in [3.8, 4) is 5.75 Å². The van der Waals surface area contributed by atoms with E-state index in [4.69, 9.17) is 0 Å². The molecule has 0 aromatic heterocycles. The molecule has 0 atom stereocenters. The van der Waals surface area contributed by atoms with Gasteiger partial charge in [0.2, 0.25) is 0 Å². The molecular weight excluding hydrogens is 318 g/mol. The number of methoxy groups -OCH3 is 1. The van der Waals surface area contributed by atoms with Crippen molar-refractivity contribution in [2.45, 2.75) is 12.4 Å². The maximum Gasteiger partial charge on any atom is 0.420 e. The lowest BCUT2D eigenvalue weighted by molar-refractivity contribution is -0.142. The van der Waals surface area contributed by atoms with E-state index in [-0.39, 0.29) is 0 Å². The summed E-state index contributed by atoms with van der Waals surface area (Å²) in [5.74, 6) is -0.882. The lowest BCUT2D eigenvalue weighted by Gasteiger charge is -2.17. The zero-order chi connectivity index (χ0) is 13.4. The third-order valence-corrected chi connectivity index (χ3v) is 2.70. The van der Waals surface area contributed by atoms with Gasteiger partial charge in [0.25, 0.3) is 0 Å². The van der Waals surface area contributed by atoms with E-state index < -0.39 is 33.7 Å². The zero-order valence-electron chi connectivity index (χ0n) is 8.21. The van der Waals surface area contributed by atoms with E-state index in [9.17, 15) is 26.3 Å². The lowest BCUT2D eigenvalue weighted by Crippen LogP contribution is -2.12. The van der Waals surface area contributed by atoms with E-state index in [1.165, 1.54) is 0 Å². The lowest BCUT2D eigenvalue weighted by atomic mass is 10.1. The number of benzene rings is 1. The Hall–Kier alpha value is -0.920. The Morgan fingerprint density at radius 3 is 1.71 bits per heavy atom. The predicted molar refractivity (Wildman–Crippen MR) is 50.7 cm³/mol. The standard InChI is InChI=1S/C9H5BrF6O/c1-17-7-5(9(14,15)16)3-2-4(6(7)10)8(11,12)13/h2-3H,1H3. The van der Waals surface area contributed by atoms with E-state index in [1.807, 2.05) is 0 Å². The van der Waals surface area contributed by atoms with Crippen LogP contribution in [0.2, 0.25) is 0 Å². The second kappa shape index (κ2) is 4.40. The van der Waals surface area contributed by atoms with Gasteiger partial charge in [0.1, 0.15) is 5.75 Å². The zero-order valence-corrected chi connectivity index (χ0v) is 9.79. The highest BCUT2D eigenvalue weighted by Crippen LogP contribution is 2.45. The Bertz CT molecular complexity index is 423. The Kier molecular flexibility index (Phi) is 3.66. The Labute approximate surface area is 101 Å². The van der Waals surface area contributed by atoms with Crippen molar-refractivity contribution >= 4 is 15.9 Å². The van der Waals surface area contributed by atoms with E-state index in [1.54, 1.807) is 0 Å². The molecule has 96 valence electrons. The van der Waals surface area contributed by atoms with Gasteiger partial charge < -0.3 is 4.74 Å². The van der Waals surface area contributed by atoms with Gasteiger partial charge in [-0.15, -0.1) is 0 Å². The van der Waals surface area contributed by atoms with E-state index in [0.29, 0.717) is 12.1 Å². The Morgan fingerprint density at radius 1 is 0.941 bits per heavy atom. The molecule has 17 heavy (non-hydrogen) atoms. The summed E-state index contributed by atoms with van der Waals surface area (Å²) in [6.07, 6.45) is -9.53.